The first kappa shape index (κ1) is 36.2. The van der Waals surface area contributed by atoms with Crippen molar-refractivity contribution in [3.63, 3.8) is 0 Å². The molecule has 5 aromatic carbocycles. The largest absolute Gasteiger partial charge is 0.431 e. The summed E-state index contributed by atoms with van der Waals surface area (Å²) in [5.74, 6) is 1.18. The van der Waals surface area contributed by atoms with E-state index in [2.05, 4.69) is 34.6 Å². The maximum Gasteiger partial charge on any atom is 0.256 e. The average Bonchev–Trinajstić information content (AvgIpc) is 3.70. The number of hydrogen-bond donors (Lipinski definition) is 2. The first-order chi connectivity index (χ1) is 27.1. The van der Waals surface area contributed by atoms with Crippen molar-refractivity contribution in [2.24, 2.45) is 0 Å². The fourth-order valence-corrected chi connectivity index (χ4v) is 7.44. The topological polar surface area (TPSA) is 107 Å². The number of pyridine rings is 1. The minimum atomic E-state index is -0.603. The fourth-order valence-electron chi connectivity index (χ4n) is 6.60. The Morgan fingerprint density at radius 2 is 1.45 bits per heavy atom. The third kappa shape index (κ3) is 8.77. The summed E-state index contributed by atoms with van der Waals surface area (Å²) in [6, 6.07) is 47.9. The van der Waals surface area contributed by atoms with Crippen molar-refractivity contribution in [1.82, 2.24) is 15.3 Å². The molecule has 1 amide bonds. The first-order valence-electron chi connectivity index (χ1n) is 18.2. The number of hydrogen-bond acceptors (Lipinski definition) is 8. The van der Waals surface area contributed by atoms with Crippen LogP contribution in [0.15, 0.2) is 168 Å². The molecule has 2 aromatic heterocycles. The number of aromatic nitrogens is 2. The van der Waals surface area contributed by atoms with Crippen LogP contribution in [0.2, 0.25) is 0 Å². The lowest BCUT2D eigenvalue weighted by Gasteiger charge is -2.36. The number of amides is 1. The third-order valence-corrected chi connectivity index (χ3v) is 10.5. The molecule has 9 heteroatoms. The van der Waals surface area contributed by atoms with Crippen molar-refractivity contribution < 1.29 is 23.8 Å². The lowest BCUT2D eigenvalue weighted by Crippen LogP contribution is -2.31. The Hall–Kier alpha value is -5.84. The summed E-state index contributed by atoms with van der Waals surface area (Å²) >= 11 is 1.54. The van der Waals surface area contributed by atoms with E-state index in [0.29, 0.717) is 29.5 Å². The van der Waals surface area contributed by atoms with Crippen LogP contribution in [0.3, 0.4) is 0 Å². The van der Waals surface area contributed by atoms with Gasteiger partial charge in [0.05, 0.1) is 24.4 Å². The number of oxazole rings is 1. The van der Waals surface area contributed by atoms with Gasteiger partial charge in [-0.3, -0.25) is 9.78 Å². The molecule has 3 heterocycles. The van der Waals surface area contributed by atoms with E-state index in [4.69, 9.17) is 18.9 Å². The van der Waals surface area contributed by atoms with Crippen LogP contribution in [0.25, 0.3) is 33.7 Å². The Labute approximate surface area is 324 Å². The molecular weight excluding hydrogens is 707 g/mol. The van der Waals surface area contributed by atoms with Gasteiger partial charge in [0, 0.05) is 47.8 Å². The number of ether oxygens (including phenoxy) is 2. The third-order valence-electron chi connectivity index (χ3n) is 9.52. The van der Waals surface area contributed by atoms with Crippen molar-refractivity contribution in [2.45, 2.75) is 43.3 Å². The molecule has 0 bridgehead atoms. The van der Waals surface area contributed by atoms with E-state index in [9.17, 15) is 9.90 Å². The van der Waals surface area contributed by atoms with E-state index in [1.807, 2.05) is 109 Å². The summed E-state index contributed by atoms with van der Waals surface area (Å²) in [7, 11) is 0. The number of carbonyl (C=O) groups is 1. The fraction of sp³-hybridized carbons (Fsp3) is 0.152. The van der Waals surface area contributed by atoms with Gasteiger partial charge < -0.3 is 24.3 Å². The predicted molar refractivity (Wildman–Crippen MR) is 214 cm³/mol. The minimum absolute atomic E-state index is 0.0157. The Morgan fingerprint density at radius 1 is 0.727 bits per heavy atom. The second-order valence-corrected chi connectivity index (χ2v) is 14.3. The van der Waals surface area contributed by atoms with Gasteiger partial charge in [-0.25, -0.2) is 4.98 Å². The molecular formula is C46H39N3O5S. The number of carbonyl (C=O) groups excluding carboxylic acids is 1. The molecule has 0 aliphatic carbocycles. The smallest absolute Gasteiger partial charge is 0.256 e. The van der Waals surface area contributed by atoms with Crippen molar-refractivity contribution in [2.75, 3.05) is 5.75 Å². The lowest BCUT2D eigenvalue weighted by atomic mass is 9.99. The average molecular weight is 746 g/mol. The van der Waals surface area contributed by atoms with Crippen molar-refractivity contribution in [3.8, 4) is 33.7 Å². The molecule has 274 valence electrons. The number of nitrogens with zero attached hydrogens (tertiary/aromatic N) is 2. The van der Waals surface area contributed by atoms with Gasteiger partial charge in [0.25, 0.3) is 11.1 Å². The molecule has 55 heavy (non-hydrogen) atoms. The molecule has 1 aliphatic rings. The molecule has 8 nitrogen and oxygen atoms in total. The zero-order valence-corrected chi connectivity index (χ0v) is 30.8. The molecule has 2 N–H and O–H groups in total. The SMILES string of the molecule is O=C(NCc1cccc(-c2ccc(C3OC(CSc4nc(-c5ccccc5)c(-c5ccccc5)o4)CC(c4ccc(CO)cc4)O3)cc2)c1)c1cccnc1. The molecule has 0 radical (unpaired) electrons. The monoisotopic (exact) mass is 745 g/mol. The van der Waals surface area contributed by atoms with E-state index in [0.717, 1.165) is 56.0 Å². The zero-order chi connectivity index (χ0) is 37.4. The van der Waals surface area contributed by atoms with Gasteiger partial charge in [-0.2, -0.15) is 0 Å². The Morgan fingerprint density at radius 3 is 2.18 bits per heavy atom. The number of aliphatic hydroxyl groups is 1. The van der Waals surface area contributed by atoms with E-state index >= 15 is 0 Å². The lowest BCUT2D eigenvalue weighted by molar-refractivity contribution is -0.245. The zero-order valence-electron chi connectivity index (χ0n) is 30.0. The molecule has 3 unspecified atom stereocenters. The van der Waals surface area contributed by atoms with Crippen LogP contribution in [-0.2, 0) is 22.6 Å². The molecule has 0 spiro atoms. The van der Waals surface area contributed by atoms with Crippen LogP contribution in [0, 0.1) is 0 Å². The van der Waals surface area contributed by atoms with Crippen molar-refractivity contribution in [3.05, 3.63) is 186 Å². The first-order valence-corrected chi connectivity index (χ1v) is 19.2. The summed E-state index contributed by atoms with van der Waals surface area (Å²) in [6.07, 6.45) is 2.85. The minimum Gasteiger partial charge on any atom is -0.431 e. The number of aliphatic hydroxyl groups excluding tert-OH is 1. The van der Waals surface area contributed by atoms with Gasteiger partial charge in [-0.1, -0.05) is 139 Å². The van der Waals surface area contributed by atoms with Gasteiger partial charge in [-0.05, 0) is 46.0 Å². The van der Waals surface area contributed by atoms with Crippen molar-refractivity contribution >= 4 is 17.7 Å². The van der Waals surface area contributed by atoms with Crippen LogP contribution in [-0.4, -0.2) is 32.8 Å². The van der Waals surface area contributed by atoms with Gasteiger partial charge in [0.1, 0.15) is 5.69 Å². The van der Waals surface area contributed by atoms with Crippen LogP contribution >= 0.6 is 11.8 Å². The summed E-state index contributed by atoms with van der Waals surface area (Å²) in [5, 5.41) is 13.2. The highest BCUT2D eigenvalue weighted by atomic mass is 32.2. The normalized spacial score (nSPS) is 16.8. The second kappa shape index (κ2) is 17.1. The maximum atomic E-state index is 12.6. The Balaban J connectivity index is 0.996. The van der Waals surface area contributed by atoms with Gasteiger partial charge in [0.2, 0.25) is 0 Å². The van der Waals surface area contributed by atoms with Gasteiger partial charge in [-0.15, -0.1) is 0 Å². The predicted octanol–water partition coefficient (Wildman–Crippen LogP) is 9.83. The summed E-state index contributed by atoms with van der Waals surface area (Å²) < 4.78 is 19.7. The summed E-state index contributed by atoms with van der Waals surface area (Å²) in [5.41, 5.74) is 9.15. The Bertz CT molecular complexity index is 2260. The molecule has 1 aliphatic heterocycles. The second-order valence-electron chi connectivity index (χ2n) is 13.3. The van der Waals surface area contributed by atoms with Crippen LogP contribution in [0.5, 0.6) is 0 Å². The number of rotatable bonds is 12. The molecule has 7 aromatic rings. The maximum absolute atomic E-state index is 12.6. The highest BCUT2D eigenvalue weighted by Crippen LogP contribution is 2.41. The van der Waals surface area contributed by atoms with Gasteiger partial charge >= 0.3 is 0 Å². The highest BCUT2D eigenvalue weighted by Gasteiger charge is 2.33. The van der Waals surface area contributed by atoms with Crippen molar-refractivity contribution in [1.29, 1.82) is 0 Å². The van der Waals surface area contributed by atoms with Crippen LogP contribution < -0.4 is 5.32 Å². The highest BCUT2D eigenvalue weighted by molar-refractivity contribution is 7.99. The molecule has 3 atom stereocenters. The molecule has 1 fully saturated rings. The van der Waals surface area contributed by atoms with Crippen LogP contribution in [0.4, 0.5) is 0 Å². The number of benzene rings is 5. The number of nitrogens with one attached hydrogen (secondary N) is 1. The molecule has 1 saturated heterocycles. The van der Waals surface area contributed by atoms with E-state index < -0.39 is 6.29 Å². The molecule has 8 rings (SSSR count). The van der Waals surface area contributed by atoms with Gasteiger partial charge in [0.15, 0.2) is 12.1 Å². The van der Waals surface area contributed by atoms with E-state index in [1.54, 1.807) is 24.5 Å². The summed E-state index contributed by atoms with van der Waals surface area (Å²) in [6.45, 7) is 0.385. The standard InChI is InChI=1S/C46H39N3O5S/c50-29-31-16-18-34(19-17-31)41-26-40(30-55-46-49-42(35-10-3-1-4-11-35)43(54-46)36-12-5-2-6-13-36)52-45(53-41)37-22-20-33(21-23-37)38-14-7-9-32(25-38)27-48-44(51)39-15-8-24-47-28-39/h1-25,28,40-41,45,50H,26-27,29-30H2,(H,48,51). The van der Waals surface area contributed by atoms with Crippen LogP contribution in [0.1, 0.15) is 51.4 Å². The summed E-state index contributed by atoms with van der Waals surface area (Å²) in [4.78, 5) is 21.6. The van der Waals surface area contributed by atoms with E-state index in [1.165, 1.54) is 11.8 Å². The molecule has 0 saturated carbocycles. The Kier molecular flexibility index (Phi) is 11.2. The van der Waals surface area contributed by atoms with E-state index in [-0.39, 0.29) is 24.7 Å². The quantitative estimate of drug-likeness (QED) is 0.119. The number of thioether (sulfide) groups is 1.